The lowest BCUT2D eigenvalue weighted by molar-refractivity contribution is 0.0534. The number of amides is 2. The number of piperazine rings is 1. The van der Waals surface area contributed by atoms with Crippen molar-refractivity contribution >= 4 is 23.4 Å². The van der Waals surface area contributed by atoms with Crippen LogP contribution in [-0.2, 0) is 0 Å². The van der Waals surface area contributed by atoms with E-state index in [0.29, 0.717) is 36.8 Å². The first-order chi connectivity index (χ1) is 12.4. The molecule has 4 nitrogen and oxygen atoms in total. The van der Waals surface area contributed by atoms with E-state index in [0.717, 1.165) is 22.3 Å². The summed E-state index contributed by atoms with van der Waals surface area (Å²) in [6, 6.07) is 11.1. The molecule has 0 N–H and O–H groups in total. The van der Waals surface area contributed by atoms with E-state index in [4.69, 9.17) is 11.6 Å². The van der Waals surface area contributed by atoms with Gasteiger partial charge >= 0.3 is 0 Å². The van der Waals surface area contributed by atoms with E-state index in [1.165, 1.54) is 0 Å². The van der Waals surface area contributed by atoms with Gasteiger partial charge in [0.2, 0.25) is 0 Å². The Bertz CT molecular complexity index is 832. The number of hydrogen-bond donors (Lipinski definition) is 0. The van der Waals surface area contributed by atoms with Gasteiger partial charge in [0.15, 0.2) is 0 Å². The molecule has 0 unspecified atom stereocenters. The van der Waals surface area contributed by atoms with Crippen molar-refractivity contribution in [2.45, 2.75) is 20.8 Å². The molecule has 0 bridgehead atoms. The number of benzene rings is 2. The summed E-state index contributed by atoms with van der Waals surface area (Å²) in [5.41, 5.74) is 4.54. The van der Waals surface area contributed by atoms with Crippen molar-refractivity contribution in [3.63, 3.8) is 0 Å². The van der Waals surface area contributed by atoms with E-state index in [1.54, 1.807) is 29.2 Å². The molecule has 1 aliphatic heterocycles. The van der Waals surface area contributed by atoms with Gasteiger partial charge in [-0.3, -0.25) is 9.59 Å². The molecule has 0 saturated carbocycles. The zero-order chi connectivity index (χ0) is 18.8. The Labute approximate surface area is 159 Å². The lowest BCUT2D eigenvalue weighted by Gasteiger charge is -2.35. The molecule has 0 radical (unpaired) electrons. The molecule has 136 valence electrons. The van der Waals surface area contributed by atoms with Crippen LogP contribution < -0.4 is 0 Å². The first-order valence-electron chi connectivity index (χ1n) is 8.79. The molecular formula is C21H23ClN2O2. The maximum Gasteiger partial charge on any atom is 0.254 e. The van der Waals surface area contributed by atoms with Crippen molar-refractivity contribution < 1.29 is 9.59 Å². The number of halogens is 1. The van der Waals surface area contributed by atoms with Crippen LogP contribution in [0.1, 0.15) is 37.4 Å². The average molecular weight is 371 g/mol. The minimum atomic E-state index is -0.0395. The van der Waals surface area contributed by atoms with Gasteiger partial charge in [-0.15, -0.1) is 0 Å². The third-order valence-corrected chi connectivity index (χ3v) is 5.05. The van der Waals surface area contributed by atoms with Gasteiger partial charge in [0.05, 0.1) is 0 Å². The molecule has 0 spiro atoms. The van der Waals surface area contributed by atoms with Gasteiger partial charge in [-0.25, -0.2) is 0 Å². The van der Waals surface area contributed by atoms with Gasteiger partial charge < -0.3 is 9.80 Å². The fraction of sp³-hybridized carbons (Fsp3) is 0.333. The van der Waals surface area contributed by atoms with Crippen LogP contribution in [0, 0.1) is 20.8 Å². The number of nitrogens with zero attached hydrogens (tertiary/aromatic N) is 2. The topological polar surface area (TPSA) is 40.6 Å². The number of carbonyl (C=O) groups is 2. The van der Waals surface area contributed by atoms with Gasteiger partial charge in [-0.2, -0.15) is 0 Å². The molecule has 3 rings (SSSR count). The molecule has 1 fully saturated rings. The lowest BCUT2D eigenvalue weighted by Crippen LogP contribution is -2.50. The number of carbonyl (C=O) groups excluding carboxylic acids is 2. The van der Waals surface area contributed by atoms with Crippen molar-refractivity contribution in [1.82, 2.24) is 9.80 Å². The molecule has 2 aromatic carbocycles. The first-order valence-corrected chi connectivity index (χ1v) is 9.16. The minimum absolute atomic E-state index is 0.0395. The van der Waals surface area contributed by atoms with Crippen LogP contribution in [-0.4, -0.2) is 47.8 Å². The maximum absolute atomic E-state index is 12.9. The van der Waals surface area contributed by atoms with Crippen LogP contribution in [0.2, 0.25) is 5.02 Å². The summed E-state index contributed by atoms with van der Waals surface area (Å²) in [6.07, 6.45) is 0. The predicted molar refractivity (Wildman–Crippen MR) is 104 cm³/mol. The van der Waals surface area contributed by atoms with E-state index in [9.17, 15) is 9.59 Å². The van der Waals surface area contributed by atoms with E-state index in [-0.39, 0.29) is 11.8 Å². The van der Waals surface area contributed by atoms with E-state index < -0.39 is 0 Å². The van der Waals surface area contributed by atoms with Gasteiger partial charge in [0, 0.05) is 42.3 Å². The monoisotopic (exact) mass is 370 g/mol. The van der Waals surface area contributed by atoms with Crippen LogP contribution >= 0.6 is 11.6 Å². The largest absolute Gasteiger partial charge is 0.335 e. The smallest absolute Gasteiger partial charge is 0.254 e. The fourth-order valence-corrected chi connectivity index (χ4v) is 3.78. The molecule has 0 aliphatic carbocycles. The summed E-state index contributed by atoms with van der Waals surface area (Å²) in [6.45, 7) is 8.13. The van der Waals surface area contributed by atoms with Gasteiger partial charge in [-0.05, 0) is 50.1 Å². The second kappa shape index (κ2) is 7.50. The highest BCUT2D eigenvalue weighted by Crippen LogP contribution is 2.20. The van der Waals surface area contributed by atoms with Crippen LogP contribution in [0.15, 0.2) is 36.4 Å². The molecule has 1 aliphatic rings. The number of hydrogen-bond acceptors (Lipinski definition) is 2. The second-order valence-corrected chi connectivity index (χ2v) is 7.30. The molecular weight excluding hydrogens is 348 g/mol. The maximum atomic E-state index is 12.9. The standard InChI is InChI=1S/C21H23ClN2O2/c1-14-11-15(2)19(16(3)12-14)21(26)24-9-7-23(8-10-24)20(25)17-5-4-6-18(22)13-17/h4-6,11-13H,7-10H2,1-3H3. The summed E-state index contributed by atoms with van der Waals surface area (Å²) in [4.78, 5) is 29.2. The Hall–Kier alpha value is -2.33. The van der Waals surface area contributed by atoms with Crippen molar-refractivity contribution in [1.29, 1.82) is 0 Å². The molecule has 26 heavy (non-hydrogen) atoms. The van der Waals surface area contributed by atoms with Crippen molar-refractivity contribution in [3.8, 4) is 0 Å². The Balaban J connectivity index is 1.69. The average Bonchev–Trinajstić information content (AvgIpc) is 2.60. The normalized spacial score (nSPS) is 14.5. The van der Waals surface area contributed by atoms with E-state index in [1.807, 2.05) is 37.8 Å². The zero-order valence-corrected chi connectivity index (χ0v) is 16.1. The molecule has 1 heterocycles. The Kier molecular flexibility index (Phi) is 5.33. The van der Waals surface area contributed by atoms with Gasteiger partial charge in [0.25, 0.3) is 11.8 Å². The first kappa shape index (κ1) is 18.5. The Morgan fingerprint density at radius 2 is 1.38 bits per heavy atom. The molecule has 5 heteroatoms. The fourth-order valence-electron chi connectivity index (χ4n) is 3.59. The van der Waals surface area contributed by atoms with Crippen molar-refractivity contribution in [2.75, 3.05) is 26.2 Å². The summed E-state index contributed by atoms with van der Waals surface area (Å²) >= 11 is 5.98. The SMILES string of the molecule is Cc1cc(C)c(C(=O)N2CCN(C(=O)c3cccc(Cl)c3)CC2)c(C)c1. The van der Waals surface area contributed by atoms with E-state index in [2.05, 4.69) is 0 Å². The van der Waals surface area contributed by atoms with Gasteiger partial charge in [-0.1, -0.05) is 35.4 Å². The van der Waals surface area contributed by atoms with Crippen LogP contribution in [0.3, 0.4) is 0 Å². The Morgan fingerprint density at radius 1 is 0.846 bits per heavy atom. The quantitative estimate of drug-likeness (QED) is 0.805. The second-order valence-electron chi connectivity index (χ2n) is 6.87. The van der Waals surface area contributed by atoms with Crippen LogP contribution in [0.25, 0.3) is 0 Å². The minimum Gasteiger partial charge on any atom is -0.335 e. The highest BCUT2D eigenvalue weighted by Gasteiger charge is 2.27. The third-order valence-electron chi connectivity index (χ3n) is 4.82. The van der Waals surface area contributed by atoms with Crippen molar-refractivity contribution in [3.05, 3.63) is 69.2 Å². The predicted octanol–water partition coefficient (Wildman–Crippen LogP) is 3.86. The van der Waals surface area contributed by atoms with Crippen LogP contribution in [0.5, 0.6) is 0 Å². The summed E-state index contributed by atoms with van der Waals surface area (Å²) in [5, 5.41) is 0.551. The molecule has 2 amide bonds. The summed E-state index contributed by atoms with van der Waals surface area (Å²) in [7, 11) is 0. The number of rotatable bonds is 2. The number of aryl methyl sites for hydroxylation is 3. The molecule has 2 aromatic rings. The highest BCUT2D eigenvalue weighted by atomic mass is 35.5. The van der Waals surface area contributed by atoms with E-state index >= 15 is 0 Å². The van der Waals surface area contributed by atoms with Crippen molar-refractivity contribution in [2.24, 2.45) is 0 Å². The highest BCUT2D eigenvalue weighted by molar-refractivity contribution is 6.30. The molecule has 0 atom stereocenters. The third kappa shape index (κ3) is 3.75. The summed E-state index contributed by atoms with van der Waals surface area (Å²) in [5.74, 6) is 0.0113. The Morgan fingerprint density at radius 3 is 1.92 bits per heavy atom. The summed E-state index contributed by atoms with van der Waals surface area (Å²) < 4.78 is 0. The van der Waals surface area contributed by atoms with Gasteiger partial charge in [0.1, 0.15) is 0 Å². The lowest BCUT2D eigenvalue weighted by atomic mass is 9.98. The zero-order valence-electron chi connectivity index (χ0n) is 15.4. The molecule has 1 saturated heterocycles. The molecule has 0 aromatic heterocycles. The van der Waals surface area contributed by atoms with Crippen LogP contribution in [0.4, 0.5) is 0 Å².